The van der Waals surface area contributed by atoms with Crippen LogP contribution in [0.2, 0.25) is 0 Å². The Kier molecular flexibility index (Phi) is 3.98. The van der Waals surface area contributed by atoms with Crippen LogP contribution in [0.25, 0.3) is 0 Å². The van der Waals surface area contributed by atoms with Crippen molar-refractivity contribution in [3.05, 3.63) is 11.6 Å². The Hall–Kier alpha value is -0.510. The van der Waals surface area contributed by atoms with Crippen LogP contribution in [0.4, 0.5) is 13.2 Å². The van der Waals surface area contributed by atoms with Crippen molar-refractivity contribution < 1.29 is 13.2 Å². The normalized spacial score (nSPS) is 20.4. The third-order valence-electron chi connectivity index (χ3n) is 2.54. The monoisotopic (exact) mass is 207 g/mol. The van der Waals surface area contributed by atoms with E-state index in [1.807, 2.05) is 6.08 Å². The van der Waals surface area contributed by atoms with Crippen LogP contribution in [0.3, 0.4) is 0 Å². The van der Waals surface area contributed by atoms with E-state index in [1.165, 1.54) is 0 Å². The highest BCUT2D eigenvalue weighted by Crippen LogP contribution is 2.26. The van der Waals surface area contributed by atoms with E-state index in [2.05, 4.69) is 0 Å². The average Bonchev–Trinajstić information content (AvgIpc) is 2.14. The molecule has 1 unspecified atom stereocenters. The van der Waals surface area contributed by atoms with E-state index in [4.69, 9.17) is 5.73 Å². The molecule has 2 N–H and O–H groups in total. The Bertz CT molecular complexity index is 208. The highest BCUT2D eigenvalue weighted by atomic mass is 19.4. The molecule has 1 nitrogen and oxygen atoms in total. The Labute approximate surface area is 82.2 Å². The molecule has 1 atom stereocenters. The SMILES string of the molecule is NC(CCC(F)(F)F)C1=CCCCC1. The van der Waals surface area contributed by atoms with Gasteiger partial charge >= 0.3 is 6.18 Å². The van der Waals surface area contributed by atoms with E-state index in [1.54, 1.807) is 0 Å². The van der Waals surface area contributed by atoms with Gasteiger partial charge in [0.05, 0.1) is 0 Å². The van der Waals surface area contributed by atoms with Gasteiger partial charge in [0, 0.05) is 12.5 Å². The first-order valence-corrected chi connectivity index (χ1v) is 5.00. The standard InChI is InChI=1S/C10H16F3N/c11-10(12,13)7-6-9(14)8-4-2-1-3-5-8/h4,9H,1-3,5-7,14H2. The minimum Gasteiger partial charge on any atom is -0.324 e. The summed E-state index contributed by atoms with van der Waals surface area (Å²) in [5, 5.41) is 0. The first-order valence-electron chi connectivity index (χ1n) is 5.00. The summed E-state index contributed by atoms with van der Waals surface area (Å²) in [6, 6.07) is -0.392. The molecule has 0 aromatic heterocycles. The van der Waals surface area contributed by atoms with Crippen molar-refractivity contribution >= 4 is 0 Å². The van der Waals surface area contributed by atoms with Gasteiger partial charge in [0.25, 0.3) is 0 Å². The van der Waals surface area contributed by atoms with Crippen LogP contribution in [0, 0.1) is 0 Å². The fourth-order valence-electron chi connectivity index (χ4n) is 1.70. The lowest BCUT2D eigenvalue weighted by molar-refractivity contribution is -0.135. The number of halogens is 3. The molecule has 1 rings (SSSR count). The average molecular weight is 207 g/mol. The van der Waals surface area contributed by atoms with Gasteiger partial charge in [-0.25, -0.2) is 0 Å². The molecular weight excluding hydrogens is 191 g/mol. The molecule has 1 aliphatic rings. The second-order valence-electron chi connectivity index (χ2n) is 3.79. The lowest BCUT2D eigenvalue weighted by Crippen LogP contribution is -2.26. The lowest BCUT2D eigenvalue weighted by Gasteiger charge is -2.20. The minimum absolute atomic E-state index is 0.0231. The van der Waals surface area contributed by atoms with Crippen molar-refractivity contribution in [3.8, 4) is 0 Å². The summed E-state index contributed by atoms with van der Waals surface area (Å²) in [4.78, 5) is 0. The van der Waals surface area contributed by atoms with Gasteiger partial charge in [-0.05, 0) is 32.1 Å². The summed E-state index contributed by atoms with van der Waals surface area (Å²) < 4.78 is 35.7. The van der Waals surface area contributed by atoms with Crippen LogP contribution in [0.15, 0.2) is 11.6 Å². The minimum atomic E-state index is -4.08. The molecule has 0 aromatic carbocycles. The summed E-state index contributed by atoms with van der Waals surface area (Å²) in [7, 11) is 0. The summed E-state index contributed by atoms with van der Waals surface area (Å²) in [5.74, 6) is 0. The number of allylic oxidation sites excluding steroid dienone is 1. The van der Waals surface area contributed by atoms with Gasteiger partial charge in [0.15, 0.2) is 0 Å². The fourth-order valence-corrected chi connectivity index (χ4v) is 1.70. The smallest absolute Gasteiger partial charge is 0.324 e. The summed E-state index contributed by atoms with van der Waals surface area (Å²) in [6.07, 6.45) is 1.22. The maximum absolute atomic E-state index is 11.9. The molecule has 0 aliphatic heterocycles. The van der Waals surface area contributed by atoms with E-state index in [-0.39, 0.29) is 6.42 Å². The molecule has 0 bridgehead atoms. The van der Waals surface area contributed by atoms with Crippen LogP contribution in [0.1, 0.15) is 38.5 Å². The molecule has 0 saturated carbocycles. The molecular formula is C10H16F3N. The number of hydrogen-bond donors (Lipinski definition) is 1. The molecule has 0 fully saturated rings. The zero-order chi connectivity index (χ0) is 10.6. The maximum atomic E-state index is 11.9. The first-order chi connectivity index (χ1) is 6.49. The number of nitrogens with two attached hydrogens (primary N) is 1. The van der Waals surface area contributed by atoms with Crippen molar-refractivity contribution in [2.24, 2.45) is 5.73 Å². The zero-order valence-electron chi connectivity index (χ0n) is 8.11. The topological polar surface area (TPSA) is 26.0 Å². The van der Waals surface area contributed by atoms with E-state index >= 15 is 0 Å². The molecule has 0 spiro atoms. The van der Waals surface area contributed by atoms with Crippen molar-refractivity contribution in [1.29, 1.82) is 0 Å². The van der Waals surface area contributed by atoms with Crippen LogP contribution in [-0.4, -0.2) is 12.2 Å². The van der Waals surface area contributed by atoms with Gasteiger partial charge in [0.2, 0.25) is 0 Å². The molecule has 0 aromatic rings. The maximum Gasteiger partial charge on any atom is 0.389 e. The predicted octanol–water partition coefficient (Wildman–Crippen LogP) is 3.16. The van der Waals surface area contributed by atoms with Crippen LogP contribution >= 0.6 is 0 Å². The van der Waals surface area contributed by atoms with Crippen LogP contribution in [0.5, 0.6) is 0 Å². The zero-order valence-corrected chi connectivity index (χ0v) is 8.11. The second kappa shape index (κ2) is 4.82. The van der Waals surface area contributed by atoms with Gasteiger partial charge in [-0.15, -0.1) is 0 Å². The third-order valence-corrected chi connectivity index (χ3v) is 2.54. The Morgan fingerprint density at radius 3 is 2.57 bits per heavy atom. The fraction of sp³-hybridized carbons (Fsp3) is 0.800. The van der Waals surface area contributed by atoms with E-state index in [0.29, 0.717) is 0 Å². The summed E-state index contributed by atoms with van der Waals surface area (Å²) in [5.41, 5.74) is 6.70. The van der Waals surface area contributed by atoms with Crippen molar-refractivity contribution in [2.45, 2.75) is 50.7 Å². The van der Waals surface area contributed by atoms with Crippen molar-refractivity contribution in [3.63, 3.8) is 0 Å². The van der Waals surface area contributed by atoms with Gasteiger partial charge in [-0.1, -0.05) is 11.6 Å². The van der Waals surface area contributed by atoms with Crippen LogP contribution in [-0.2, 0) is 0 Å². The Morgan fingerprint density at radius 2 is 2.07 bits per heavy atom. The molecule has 14 heavy (non-hydrogen) atoms. The quantitative estimate of drug-likeness (QED) is 0.707. The molecule has 0 heterocycles. The molecule has 0 radical (unpaired) electrons. The van der Waals surface area contributed by atoms with E-state index in [9.17, 15) is 13.2 Å². The van der Waals surface area contributed by atoms with Gasteiger partial charge in [-0.2, -0.15) is 13.2 Å². The molecule has 0 saturated heterocycles. The summed E-state index contributed by atoms with van der Waals surface area (Å²) >= 11 is 0. The van der Waals surface area contributed by atoms with E-state index in [0.717, 1.165) is 31.3 Å². The molecule has 82 valence electrons. The highest BCUT2D eigenvalue weighted by molar-refractivity contribution is 5.12. The highest BCUT2D eigenvalue weighted by Gasteiger charge is 2.28. The first kappa shape index (κ1) is 11.6. The van der Waals surface area contributed by atoms with Crippen molar-refractivity contribution in [2.75, 3.05) is 0 Å². The largest absolute Gasteiger partial charge is 0.389 e. The van der Waals surface area contributed by atoms with Crippen LogP contribution < -0.4 is 5.73 Å². The van der Waals surface area contributed by atoms with Gasteiger partial charge in [0.1, 0.15) is 0 Å². The molecule has 1 aliphatic carbocycles. The molecule has 4 heteroatoms. The number of alkyl halides is 3. The number of rotatable bonds is 3. The number of hydrogen-bond acceptors (Lipinski definition) is 1. The predicted molar refractivity (Wildman–Crippen MR) is 49.8 cm³/mol. The van der Waals surface area contributed by atoms with E-state index < -0.39 is 18.6 Å². The van der Waals surface area contributed by atoms with Gasteiger partial charge in [-0.3, -0.25) is 0 Å². The second-order valence-corrected chi connectivity index (χ2v) is 3.79. The van der Waals surface area contributed by atoms with Crippen molar-refractivity contribution in [1.82, 2.24) is 0 Å². The van der Waals surface area contributed by atoms with Gasteiger partial charge < -0.3 is 5.73 Å². The summed E-state index contributed by atoms with van der Waals surface area (Å²) in [6.45, 7) is 0. The Morgan fingerprint density at radius 1 is 1.36 bits per heavy atom. The lowest BCUT2D eigenvalue weighted by atomic mass is 9.92. The Balaban J connectivity index is 2.34. The third kappa shape index (κ3) is 4.13. The molecule has 0 amide bonds.